The Morgan fingerprint density at radius 1 is 1.29 bits per heavy atom. The smallest absolute Gasteiger partial charge is 0.221 e. The van der Waals surface area contributed by atoms with E-state index in [1.165, 1.54) is 5.52 Å². The predicted molar refractivity (Wildman–Crippen MR) is 85.0 cm³/mol. The van der Waals surface area contributed by atoms with Crippen LogP contribution >= 0.6 is 0 Å². The predicted octanol–water partition coefficient (Wildman–Crippen LogP) is 2.06. The number of imidazole rings is 1. The third-order valence-corrected chi connectivity index (χ3v) is 3.37. The van der Waals surface area contributed by atoms with Crippen molar-refractivity contribution in [2.75, 3.05) is 13.1 Å². The monoisotopic (exact) mass is 288 g/mol. The van der Waals surface area contributed by atoms with Crippen LogP contribution in [0.2, 0.25) is 0 Å². The zero-order valence-corrected chi connectivity index (χ0v) is 12.9. The number of carbonyl (C=O) groups excluding carboxylic acids is 1. The van der Waals surface area contributed by atoms with Gasteiger partial charge in [-0.2, -0.15) is 0 Å². The molecule has 114 valence electrons. The lowest BCUT2D eigenvalue weighted by atomic mass is 10.3. The maximum Gasteiger partial charge on any atom is 0.221 e. The Kier molecular flexibility index (Phi) is 5.75. The molecule has 0 bridgehead atoms. The van der Waals surface area contributed by atoms with Crippen LogP contribution in [0.3, 0.4) is 0 Å². The molecule has 1 aromatic carbocycles. The van der Waals surface area contributed by atoms with Crippen molar-refractivity contribution in [2.45, 2.75) is 39.8 Å². The van der Waals surface area contributed by atoms with Crippen molar-refractivity contribution >= 4 is 16.9 Å². The number of nitrogens with one attached hydrogen (secondary N) is 2. The van der Waals surface area contributed by atoms with E-state index in [1.54, 1.807) is 0 Å². The molecule has 1 heterocycles. The summed E-state index contributed by atoms with van der Waals surface area (Å²) < 4.78 is 2.26. The standard InChI is InChI=1S/C16H24N4O/c1-3-11-20-14-8-6-5-7-13(14)19-15(20)12-17-10-9-16(21)18-4-2/h5-8,17H,3-4,9-12H2,1-2H3,(H,18,21). The lowest BCUT2D eigenvalue weighted by molar-refractivity contribution is -0.120. The number of aromatic nitrogens is 2. The van der Waals surface area contributed by atoms with E-state index in [4.69, 9.17) is 0 Å². The Morgan fingerprint density at radius 3 is 2.86 bits per heavy atom. The molecule has 0 aliphatic rings. The molecule has 2 N–H and O–H groups in total. The second-order valence-corrected chi connectivity index (χ2v) is 5.05. The highest BCUT2D eigenvalue weighted by Gasteiger charge is 2.09. The molecule has 0 fully saturated rings. The van der Waals surface area contributed by atoms with Crippen LogP contribution in [0.1, 0.15) is 32.5 Å². The van der Waals surface area contributed by atoms with E-state index in [-0.39, 0.29) is 5.91 Å². The van der Waals surface area contributed by atoms with Gasteiger partial charge in [-0.05, 0) is 25.5 Å². The Balaban J connectivity index is 1.97. The van der Waals surface area contributed by atoms with E-state index in [2.05, 4.69) is 33.2 Å². The highest BCUT2D eigenvalue weighted by molar-refractivity contribution is 5.76. The summed E-state index contributed by atoms with van der Waals surface area (Å²) in [5.41, 5.74) is 2.21. The summed E-state index contributed by atoms with van der Waals surface area (Å²) in [6.45, 7) is 7.10. The third kappa shape index (κ3) is 4.04. The first-order chi connectivity index (χ1) is 10.3. The van der Waals surface area contributed by atoms with Gasteiger partial charge in [0.25, 0.3) is 0 Å². The van der Waals surface area contributed by atoms with Crippen molar-refractivity contribution in [3.8, 4) is 0 Å². The number of rotatable bonds is 8. The Morgan fingerprint density at radius 2 is 2.10 bits per heavy atom. The Hall–Kier alpha value is -1.88. The average Bonchev–Trinajstić information content (AvgIpc) is 2.83. The number of benzene rings is 1. The van der Waals surface area contributed by atoms with Crippen LogP contribution in [0, 0.1) is 0 Å². The molecule has 0 aliphatic heterocycles. The van der Waals surface area contributed by atoms with Gasteiger partial charge < -0.3 is 15.2 Å². The molecule has 5 nitrogen and oxygen atoms in total. The van der Waals surface area contributed by atoms with E-state index in [1.807, 2.05) is 25.1 Å². The summed E-state index contributed by atoms with van der Waals surface area (Å²) in [7, 11) is 0. The van der Waals surface area contributed by atoms with E-state index < -0.39 is 0 Å². The van der Waals surface area contributed by atoms with Crippen LogP contribution in [0.25, 0.3) is 11.0 Å². The summed E-state index contributed by atoms with van der Waals surface area (Å²) in [5, 5.41) is 6.10. The first kappa shape index (κ1) is 15.5. The number of aryl methyl sites for hydroxylation is 1. The molecule has 5 heteroatoms. The quantitative estimate of drug-likeness (QED) is 0.731. The summed E-state index contributed by atoms with van der Waals surface area (Å²) >= 11 is 0. The maximum atomic E-state index is 11.4. The molecule has 1 amide bonds. The van der Waals surface area contributed by atoms with E-state index >= 15 is 0 Å². The molecule has 0 spiro atoms. The van der Waals surface area contributed by atoms with Gasteiger partial charge in [0.1, 0.15) is 5.82 Å². The van der Waals surface area contributed by atoms with E-state index in [0.717, 1.165) is 24.3 Å². The normalized spacial score (nSPS) is 11.0. The summed E-state index contributed by atoms with van der Waals surface area (Å²) in [6, 6.07) is 8.20. The lowest BCUT2D eigenvalue weighted by Gasteiger charge is -2.09. The molecule has 0 unspecified atom stereocenters. The molecule has 2 rings (SSSR count). The highest BCUT2D eigenvalue weighted by atomic mass is 16.1. The van der Waals surface area contributed by atoms with Crippen LogP contribution in [0.5, 0.6) is 0 Å². The molecule has 2 aromatic rings. The number of hydrogen-bond donors (Lipinski definition) is 2. The average molecular weight is 288 g/mol. The van der Waals surface area contributed by atoms with Crippen LogP contribution in [-0.2, 0) is 17.9 Å². The van der Waals surface area contributed by atoms with Gasteiger partial charge in [0.15, 0.2) is 0 Å². The molecule has 0 saturated carbocycles. The number of carbonyl (C=O) groups is 1. The largest absolute Gasteiger partial charge is 0.356 e. The molecular formula is C16H24N4O. The Labute approximate surface area is 125 Å². The topological polar surface area (TPSA) is 59.0 Å². The van der Waals surface area contributed by atoms with E-state index in [0.29, 0.717) is 26.1 Å². The molecule has 1 aromatic heterocycles. The summed E-state index contributed by atoms with van der Waals surface area (Å²) in [6.07, 6.45) is 1.58. The zero-order chi connectivity index (χ0) is 15.1. The molecule has 0 atom stereocenters. The Bertz CT molecular complexity index is 591. The SMILES string of the molecule is CCCn1c(CNCCC(=O)NCC)nc2ccccc21. The molecule has 0 aliphatic carbocycles. The second-order valence-electron chi connectivity index (χ2n) is 5.05. The number of hydrogen-bond acceptors (Lipinski definition) is 3. The van der Waals surface area contributed by atoms with Crippen LogP contribution < -0.4 is 10.6 Å². The minimum absolute atomic E-state index is 0.0899. The number of fused-ring (bicyclic) bond motifs is 1. The number of amides is 1. The summed E-state index contributed by atoms with van der Waals surface area (Å²) in [4.78, 5) is 16.1. The van der Waals surface area contributed by atoms with Gasteiger partial charge in [-0.1, -0.05) is 19.1 Å². The van der Waals surface area contributed by atoms with Crippen molar-refractivity contribution in [1.82, 2.24) is 20.2 Å². The van der Waals surface area contributed by atoms with Gasteiger partial charge in [0, 0.05) is 26.1 Å². The van der Waals surface area contributed by atoms with Gasteiger partial charge >= 0.3 is 0 Å². The summed E-state index contributed by atoms with van der Waals surface area (Å²) in [5.74, 6) is 1.13. The van der Waals surface area contributed by atoms with E-state index in [9.17, 15) is 4.79 Å². The van der Waals surface area contributed by atoms with Crippen LogP contribution in [0.15, 0.2) is 24.3 Å². The fourth-order valence-electron chi connectivity index (χ4n) is 2.42. The van der Waals surface area contributed by atoms with Gasteiger partial charge in [0.2, 0.25) is 5.91 Å². The minimum Gasteiger partial charge on any atom is -0.356 e. The van der Waals surface area contributed by atoms with Gasteiger partial charge in [-0.25, -0.2) is 4.98 Å². The molecule has 0 saturated heterocycles. The maximum absolute atomic E-state index is 11.4. The first-order valence-corrected chi connectivity index (χ1v) is 7.67. The third-order valence-electron chi connectivity index (χ3n) is 3.37. The van der Waals surface area contributed by atoms with Crippen molar-refractivity contribution in [2.24, 2.45) is 0 Å². The fourth-order valence-corrected chi connectivity index (χ4v) is 2.42. The van der Waals surface area contributed by atoms with Crippen LogP contribution in [-0.4, -0.2) is 28.5 Å². The fraction of sp³-hybridized carbons (Fsp3) is 0.500. The molecule has 0 radical (unpaired) electrons. The van der Waals surface area contributed by atoms with Crippen molar-refractivity contribution in [3.63, 3.8) is 0 Å². The first-order valence-electron chi connectivity index (χ1n) is 7.67. The van der Waals surface area contributed by atoms with Crippen LogP contribution in [0.4, 0.5) is 0 Å². The minimum atomic E-state index is 0.0899. The number of nitrogens with zero attached hydrogens (tertiary/aromatic N) is 2. The highest BCUT2D eigenvalue weighted by Crippen LogP contribution is 2.16. The number of para-hydroxylation sites is 2. The van der Waals surface area contributed by atoms with Crippen molar-refractivity contribution in [3.05, 3.63) is 30.1 Å². The zero-order valence-electron chi connectivity index (χ0n) is 12.9. The van der Waals surface area contributed by atoms with Crippen molar-refractivity contribution in [1.29, 1.82) is 0 Å². The van der Waals surface area contributed by atoms with Gasteiger partial charge in [-0.15, -0.1) is 0 Å². The lowest BCUT2D eigenvalue weighted by Crippen LogP contribution is -2.27. The van der Waals surface area contributed by atoms with Gasteiger partial charge in [-0.3, -0.25) is 4.79 Å². The molecular weight excluding hydrogens is 264 g/mol. The van der Waals surface area contributed by atoms with Gasteiger partial charge in [0.05, 0.1) is 17.6 Å². The van der Waals surface area contributed by atoms with Crippen molar-refractivity contribution < 1.29 is 4.79 Å². The second kappa shape index (κ2) is 7.78. The molecule has 21 heavy (non-hydrogen) atoms.